The van der Waals surface area contributed by atoms with E-state index in [0.717, 1.165) is 18.7 Å². The largest absolute Gasteiger partial charge is 0.379 e. The van der Waals surface area contributed by atoms with Gasteiger partial charge in [0.25, 0.3) is 10.2 Å². The Hall–Kier alpha value is -1.81. The maximum Gasteiger partial charge on any atom is 0.282 e. The van der Waals surface area contributed by atoms with E-state index >= 15 is 0 Å². The molecule has 4 rings (SSSR count). The lowest BCUT2D eigenvalue weighted by molar-refractivity contribution is 0.0692. The van der Waals surface area contributed by atoms with Crippen molar-refractivity contribution in [1.29, 1.82) is 0 Å². The maximum absolute atomic E-state index is 13.0. The van der Waals surface area contributed by atoms with Crippen molar-refractivity contribution in [3.8, 4) is 0 Å². The Morgan fingerprint density at radius 3 is 2.56 bits per heavy atom. The number of ether oxygens (including phenoxy) is 1. The molecule has 1 fully saturated rings. The first kappa shape index (κ1) is 18.5. The Balaban J connectivity index is 1.49. The highest BCUT2D eigenvalue weighted by atomic mass is 32.2. The molecule has 1 atom stereocenters. The summed E-state index contributed by atoms with van der Waals surface area (Å²) >= 11 is 0. The van der Waals surface area contributed by atoms with Crippen LogP contribution in [0, 0.1) is 0 Å². The van der Waals surface area contributed by atoms with Crippen molar-refractivity contribution in [3.05, 3.63) is 47.5 Å². The first-order chi connectivity index (χ1) is 13.1. The molecule has 27 heavy (non-hydrogen) atoms. The molecule has 0 N–H and O–H groups in total. The van der Waals surface area contributed by atoms with Crippen LogP contribution in [0.2, 0.25) is 0 Å². The molecular formula is C18H25N5O3S. The monoisotopic (exact) mass is 391 g/mol. The average Bonchev–Trinajstić information content (AvgIpc) is 3.11. The zero-order valence-electron chi connectivity index (χ0n) is 15.5. The van der Waals surface area contributed by atoms with Crippen LogP contribution >= 0.6 is 0 Å². The molecule has 0 aliphatic carbocycles. The third kappa shape index (κ3) is 3.77. The zero-order chi connectivity index (χ0) is 18.9. The van der Waals surface area contributed by atoms with E-state index in [-0.39, 0.29) is 12.6 Å². The summed E-state index contributed by atoms with van der Waals surface area (Å²) in [5, 5.41) is 8.64. The lowest BCUT2D eigenvalue weighted by Crippen LogP contribution is -2.51. The normalized spacial score (nSPS) is 21.9. The second-order valence-corrected chi connectivity index (χ2v) is 8.98. The summed E-state index contributed by atoms with van der Waals surface area (Å²) in [6.07, 6.45) is 1.68. The van der Waals surface area contributed by atoms with Gasteiger partial charge in [0.2, 0.25) is 0 Å². The van der Waals surface area contributed by atoms with Crippen molar-refractivity contribution in [1.82, 2.24) is 23.4 Å². The van der Waals surface area contributed by atoms with Crippen LogP contribution in [-0.4, -0.2) is 64.6 Å². The van der Waals surface area contributed by atoms with E-state index in [9.17, 15) is 8.42 Å². The summed E-state index contributed by atoms with van der Waals surface area (Å²) < 4.78 is 36.3. The lowest BCUT2D eigenvalue weighted by Gasteiger charge is -2.36. The summed E-state index contributed by atoms with van der Waals surface area (Å²) in [7, 11) is -3.50. The van der Waals surface area contributed by atoms with Crippen molar-refractivity contribution in [2.75, 3.05) is 32.8 Å². The van der Waals surface area contributed by atoms with Gasteiger partial charge in [0.15, 0.2) is 0 Å². The van der Waals surface area contributed by atoms with Crippen molar-refractivity contribution in [2.24, 2.45) is 0 Å². The van der Waals surface area contributed by atoms with Crippen LogP contribution in [0.3, 0.4) is 0 Å². The van der Waals surface area contributed by atoms with Gasteiger partial charge >= 0.3 is 0 Å². The minimum absolute atomic E-state index is 0.00494. The van der Waals surface area contributed by atoms with Gasteiger partial charge < -0.3 is 9.30 Å². The van der Waals surface area contributed by atoms with E-state index in [1.165, 1.54) is 14.2 Å². The molecule has 146 valence electrons. The smallest absolute Gasteiger partial charge is 0.282 e. The van der Waals surface area contributed by atoms with Crippen LogP contribution in [0.4, 0.5) is 0 Å². The first-order valence-corrected chi connectivity index (χ1v) is 10.7. The van der Waals surface area contributed by atoms with Crippen LogP contribution in [0.25, 0.3) is 0 Å². The van der Waals surface area contributed by atoms with E-state index in [1.807, 2.05) is 25.1 Å². The topological polar surface area (TPSA) is 80.6 Å². The third-order valence-electron chi connectivity index (χ3n) is 5.17. The molecule has 2 aliphatic heterocycles. The lowest BCUT2D eigenvalue weighted by atomic mass is 10.1. The maximum atomic E-state index is 13.0. The molecule has 0 bridgehead atoms. The number of aromatic nitrogens is 3. The number of hydrogen-bond donors (Lipinski definition) is 0. The predicted octanol–water partition coefficient (Wildman–Crippen LogP) is 1.02. The van der Waals surface area contributed by atoms with E-state index < -0.39 is 10.2 Å². The van der Waals surface area contributed by atoms with Crippen molar-refractivity contribution in [3.63, 3.8) is 0 Å². The number of aryl methyl sites for hydroxylation is 2. The SMILES string of the molecule is C[C@H]1CN(S(=O)(=O)N2CCOCC2)Cc2nnc(CCc3ccccc3)n21. The zero-order valence-corrected chi connectivity index (χ0v) is 16.3. The van der Waals surface area contributed by atoms with Gasteiger partial charge in [-0.25, -0.2) is 0 Å². The average molecular weight is 391 g/mol. The van der Waals surface area contributed by atoms with E-state index in [0.29, 0.717) is 38.7 Å². The molecule has 0 radical (unpaired) electrons. The molecule has 2 aliphatic rings. The highest BCUT2D eigenvalue weighted by molar-refractivity contribution is 7.86. The second kappa shape index (κ2) is 7.67. The quantitative estimate of drug-likeness (QED) is 0.760. The van der Waals surface area contributed by atoms with E-state index in [2.05, 4.69) is 26.9 Å². The number of fused-ring (bicyclic) bond motifs is 1. The van der Waals surface area contributed by atoms with Gasteiger partial charge in [0.05, 0.1) is 19.8 Å². The summed E-state index contributed by atoms with van der Waals surface area (Å²) in [4.78, 5) is 0. The third-order valence-corrected chi connectivity index (χ3v) is 7.11. The summed E-state index contributed by atoms with van der Waals surface area (Å²) in [6, 6.07) is 10.3. The van der Waals surface area contributed by atoms with Crippen LogP contribution < -0.4 is 0 Å². The molecule has 1 aromatic carbocycles. The van der Waals surface area contributed by atoms with Gasteiger partial charge in [-0.1, -0.05) is 30.3 Å². The Labute approximate surface area is 159 Å². The van der Waals surface area contributed by atoms with E-state index in [4.69, 9.17) is 4.74 Å². The molecular weight excluding hydrogens is 366 g/mol. The molecule has 1 aromatic heterocycles. The van der Waals surface area contributed by atoms with Gasteiger partial charge in [-0.15, -0.1) is 10.2 Å². The number of nitrogens with zero attached hydrogens (tertiary/aromatic N) is 5. The van der Waals surface area contributed by atoms with Crippen LogP contribution in [0.1, 0.15) is 30.2 Å². The van der Waals surface area contributed by atoms with Gasteiger partial charge in [-0.3, -0.25) is 0 Å². The highest BCUT2D eigenvalue weighted by Gasteiger charge is 2.37. The fourth-order valence-electron chi connectivity index (χ4n) is 3.76. The molecule has 2 aromatic rings. The number of benzene rings is 1. The van der Waals surface area contributed by atoms with Gasteiger partial charge in [0.1, 0.15) is 11.6 Å². The molecule has 0 amide bonds. The Bertz CT molecular complexity index is 878. The fraction of sp³-hybridized carbons (Fsp3) is 0.556. The molecule has 3 heterocycles. The first-order valence-electron chi connectivity index (χ1n) is 9.35. The summed E-state index contributed by atoms with van der Waals surface area (Å²) in [5.41, 5.74) is 1.26. The Morgan fingerprint density at radius 2 is 1.81 bits per heavy atom. The van der Waals surface area contributed by atoms with Gasteiger partial charge in [-0.05, 0) is 18.9 Å². The van der Waals surface area contributed by atoms with Crippen molar-refractivity contribution < 1.29 is 13.2 Å². The molecule has 0 saturated carbocycles. The van der Waals surface area contributed by atoms with Gasteiger partial charge in [-0.2, -0.15) is 17.0 Å². The van der Waals surface area contributed by atoms with Crippen molar-refractivity contribution in [2.45, 2.75) is 32.4 Å². The fourth-order valence-corrected chi connectivity index (χ4v) is 5.38. The Kier molecular flexibility index (Phi) is 5.27. The summed E-state index contributed by atoms with van der Waals surface area (Å²) in [6.45, 7) is 4.43. The Morgan fingerprint density at radius 1 is 1.07 bits per heavy atom. The minimum atomic E-state index is -3.50. The highest BCUT2D eigenvalue weighted by Crippen LogP contribution is 2.26. The number of hydrogen-bond acceptors (Lipinski definition) is 5. The molecule has 0 spiro atoms. The minimum Gasteiger partial charge on any atom is -0.379 e. The molecule has 9 heteroatoms. The van der Waals surface area contributed by atoms with Crippen LogP contribution in [0.5, 0.6) is 0 Å². The summed E-state index contributed by atoms with van der Waals surface area (Å²) in [5.74, 6) is 1.64. The molecule has 1 saturated heterocycles. The van der Waals surface area contributed by atoms with Crippen LogP contribution in [0.15, 0.2) is 30.3 Å². The van der Waals surface area contributed by atoms with E-state index in [1.54, 1.807) is 0 Å². The number of morpholine rings is 1. The molecule has 8 nitrogen and oxygen atoms in total. The second-order valence-electron chi connectivity index (χ2n) is 7.05. The predicted molar refractivity (Wildman–Crippen MR) is 100 cm³/mol. The number of rotatable bonds is 5. The standard InChI is InChI=1S/C18H25N5O3S/c1-15-13-22(27(24,25)21-9-11-26-12-10-21)14-18-20-19-17(23(15)18)8-7-16-5-3-2-4-6-16/h2-6,15H,7-14H2,1H3/t15-/m0/s1. The van der Waals surface area contributed by atoms with Gasteiger partial charge in [0, 0.05) is 32.1 Å². The van der Waals surface area contributed by atoms with Crippen LogP contribution in [-0.2, 0) is 34.3 Å². The molecule has 0 unspecified atom stereocenters. The van der Waals surface area contributed by atoms with Crippen molar-refractivity contribution >= 4 is 10.2 Å².